The van der Waals surface area contributed by atoms with Crippen molar-refractivity contribution in [1.82, 2.24) is 0 Å². The summed E-state index contributed by atoms with van der Waals surface area (Å²) in [6.07, 6.45) is 1.02. The van der Waals surface area contributed by atoms with Crippen LogP contribution in [0.2, 0.25) is 0 Å². The number of furan rings is 1. The van der Waals surface area contributed by atoms with Crippen LogP contribution >= 0.6 is 0 Å². The highest BCUT2D eigenvalue weighted by molar-refractivity contribution is 5.94. The molecule has 3 rings (SSSR count). The van der Waals surface area contributed by atoms with Crippen molar-refractivity contribution in [2.75, 3.05) is 19.0 Å². The second-order valence-corrected chi connectivity index (χ2v) is 3.83. The molecule has 1 aliphatic heterocycles. The third-order valence-electron chi connectivity index (χ3n) is 2.84. The molecule has 2 heterocycles. The molecule has 0 aliphatic carbocycles. The fourth-order valence-corrected chi connectivity index (χ4v) is 2.04. The second-order valence-electron chi connectivity index (χ2n) is 3.83. The number of carbonyl (C=O) groups excluding carboxylic acids is 1. The van der Waals surface area contributed by atoms with Crippen LogP contribution in [-0.4, -0.2) is 19.6 Å². The monoisotopic (exact) mass is 217 g/mol. The van der Waals surface area contributed by atoms with Gasteiger partial charge in [-0.05, 0) is 24.1 Å². The molecule has 0 atom stereocenters. The van der Waals surface area contributed by atoms with Gasteiger partial charge >= 0.3 is 5.97 Å². The van der Waals surface area contributed by atoms with E-state index in [1.54, 1.807) is 6.07 Å². The summed E-state index contributed by atoms with van der Waals surface area (Å²) in [5.74, 6) is -0.189. The summed E-state index contributed by atoms with van der Waals surface area (Å²) in [5.41, 5.74) is 3.08. The predicted molar refractivity (Wildman–Crippen MR) is 59.7 cm³/mol. The first-order valence-electron chi connectivity index (χ1n) is 5.16. The Kier molecular flexibility index (Phi) is 1.89. The number of anilines is 1. The molecular weight excluding hydrogens is 206 g/mol. The lowest BCUT2D eigenvalue weighted by Crippen LogP contribution is -1.97. The summed E-state index contributed by atoms with van der Waals surface area (Å²) in [7, 11) is 1.34. The maximum atomic E-state index is 11.3. The number of rotatable bonds is 1. The molecular formula is C12H11NO3. The second kappa shape index (κ2) is 3.27. The molecule has 4 nitrogen and oxygen atoms in total. The highest BCUT2D eigenvalue weighted by Gasteiger charge is 2.16. The molecule has 0 amide bonds. The van der Waals surface area contributed by atoms with Gasteiger partial charge in [0.2, 0.25) is 5.76 Å². The van der Waals surface area contributed by atoms with Gasteiger partial charge in [-0.15, -0.1) is 0 Å². The van der Waals surface area contributed by atoms with E-state index < -0.39 is 5.97 Å². The van der Waals surface area contributed by atoms with Crippen molar-refractivity contribution in [2.24, 2.45) is 0 Å². The van der Waals surface area contributed by atoms with Gasteiger partial charge in [-0.3, -0.25) is 0 Å². The lowest BCUT2D eigenvalue weighted by Gasteiger charge is -1.97. The standard InChI is InChI=1S/C12H11NO3/c1-15-12(14)11-5-8-4-7-2-3-13-9(7)6-10(8)16-11/h4-6,13H,2-3H2,1H3. The molecule has 2 aromatic rings. The molecule has 0 unspecified atom stereocenters. The minimum Gasteiger partial charge on any atom is -0.463 e. The zero-order valence-electron chi connectivity index (χ0n) is 8.87. The largest absolute Gasteiger partial charge is 0.463 e. The molecule has 82 valence electrons. The molecule has 1 aliphatic rings. The number of esters is 1. The maximum Gasteiger partial charge on any atom is 0.373 e. The Bertz CT molecular complexity index is 530. The number of ether oxygens (including phenoxy) is 1. The smallest absolute Gasteiger partial charge is 0.373 e. The van der Waals surface area contributed by atoms with E-state index >= 15 is 0 Å². The molecule has 16 heavy (non-hydrogen) atoms. The maximum absolute atomic E-state index is 11.3. The third kappa shape index (κ3) is 1.26. The molecule has 0 bridgehead atoms. The van der Waals surface area contributed by atoms with Crippen LogP contribution in [-0.2, 0) is 11.2 Å². The van der Waals surface area contributed by atoms with Gasteiger partial charge < -0.3 is 14.5 Å². The average molecular weight is 217 g/mol. The molecule has 1 aromatic carbocycles. The van der Waals surface area contributed by atoms with E-state index in [1.807, 2.05) is 6.07 Å². The van der Waals surface area contributed by atoms with E-state index in [1.165, 1.54) is 12.7 Å². The topological polar surface area (TPSA) is 51.5 Å². The number of methoxy groups -OCH3 is 1. The Labute approximate surface area is 92.2 Å². The number of hydrogen-bond donors (Lipinski definition) is 1. The van der Waals surface area contributed by atoms with Crippen LogP contribution in [0, 0.1) is 0 Å². The fraction of sp³-hybridized carbons (Fsp3) is 0.250. The summed E-state index contributed by atoms with van der Waals surface area (Å²) < 4.78 is 10.0. The van der Waals surface area contributed by atoms with Gasteiger partial charge in [0.05, 0.1) is 7.11 Å². The van der Waals surface area contributed by atoms with E-state index in [4.69, 9.17) is 4.42 Å². The number of benzene rings is 1. The van der Waals surface area contributed by atoms with E-state index in [0.717, 1.165) is 24.0 Å². The van der Waals surface area contributed by atoms with Crippen LogP contribution in [0.4, 0.5) is 5.69 Å². The summed E-state index contributed by atoms with van der Waals surface area (Å²) in [6.45, 7) is 0.964. The van der Waals surface area contributed by atoms with Crippen molar-refractivity contribution in [3.8, 4) is 0 Å². The van der Waals surface area contributed by atoms with Gasteiger partial charge in [0, 0.05) is 23.7 Å². The zero-order chi connectivity index (χ0) is 11.1. The van der Waals surface area contributed by atoms with Crippen molar-refractivity contribution in [1.29, 1.82) is 0 Å². The van der Waals surface area contributed by atoms with Gasteiger partial charge in [-0.2, -0.15) is 0 Å². The molecule has 1 aromatic heterocycles. The van der Waals surface area contributed by atoms with Crippen LogP contribution in [0.15, 0.2) is 22.6 Å². The molecule has 0 saturated heterocycles. The van der Waals surface area contributed by atoms with E-state index in [2.05, 4.69) is 16.1 Å². The fourth-order valence-electron chi connectivity index (χ4n) is 2.04. The Balaban J connectivity index is 2.15. The van der Waals surface area contributed by atoms with Crippen molar-refractivity contribution >= 4 is 22.6 Å². The van der Waals surface area contributed by atoms with E-state index in [9.17, 15) is 4.79 Å². The van der Waals surface area contributed by atoms with Crippen molar-refractivity contribution in [3.63, 3.8) is 0 Å². The number of carbonyl (C=O) groups is 1. The summed E-state index contributed by atoms with van der Waals surface area (Å²) >= 11 is 0. The molecule has 0 spiro atoms. The van der Waals surface area contributed by atoms with Gasteiger partial charge in [0.25, 0.3) is 0 Å². The van der Waals surface area contributed by atoms with Gasteiger partial charge in [0.1, 0.15) is 5.58 Å². The summed E-state index contributed by atoms with van der Waals surface area (Å²) in [5, 5.41) is 4.22. The first-order valence-corrected chi connectivity index (χ1v) is 5.16. The van der Waals surface area contributed by atoms with E-state index in [0.29, 0.717) is 5.58 Å². The molecule has 0 saturated carbocycles. The first kappa shape index (κ1) is 9.27. The Hall–Kier alpha value is -1.97. The van der Waals surface area contributed by atoms with Crippen molar-refractivity contribution in [2.45, 2.75) is 6.42 Å². The Morgan fingerprint density at radius 3 is 3.12 bits per heavy atom. The summed E-state index contributed by atoms with van der Waals surface area (Å²) in [4.78, 5) is 11.3. The average Bonchev–Trinajstić information content (AvgIpc) is 2.89. The van der Waals surface area contributed by atoms with Gasteiger partial charge in [-0.1, -0.05) is 0 Å². The molecule has 0 radical (unpaired) electrons. The normalized spacial score (nSPS) is 13.6. The highest BCUT2D eigenvalue weighted by atomic mass is 16.5. The van der Waals surface area contributed by atoms with Crippen molar-refractivity contribution < 1.29 is 13.9 Å². The number of nitrogens with one attached hydrogen (secondary N) is 1. The summed E-state index contributed by atoms with van der Waals surface area (Å²) in [6, 6.07) is 5.71. The van der Waals surface area contributed by atoms with Crippen LogP contribution < -0.4 is 5.32 Å². The van der Waals surface area contributed by atoms with Crippen LogP contribution in [0.1, 0.15) is 16.1 Å². The molecule has 0 fully saturated rings. The first-order chi connectivity index (χ1) is 7.78. The number of fused-ring (bicyclic) bond motifs is 2. The van der Waals surface area contributed by atoms with Gasteiger partial charge in [0.15, 0.2) is 0 Å². The number of hydrogen-bond acceptors (Lipinski definition) is 4. The quantitative estimate of drug-likeness (QED) is 0.744. The lowest BCUT2D eigenvalue weighted by molar-refractivity contribution is 0.0567. The Morgan fingerprint density at radius 2 is 2.31 bits per heavy atom. The van der Waals surface area contributed by atoms with Crippen LogP contribution in [0.3, 0.4) is 0 Å². The SMILES string of the molecule is COC(=O)c1cc2cc3c(cc2o1)NCC3. The Morgan fingerprint density at radius 1 is 1.44 bits per heavy atom. The van der Waals surface area contributed by atoms with Crippen molar-refractivity contribution in [3.05, 3.63) is 29.5 Å². The van der Waals surface area contributed by atoms with E-state index in [-0.39, 0.29) is 5.76 Å². The molecule has 4 heteroatoms. The van der Waals surface area contributed by atoms with Gasteiger partial charge in [-0.25, -0.2) is 4.79 Å². The van der Waals surface area contributed by atoms with Crippen LogP contribution in [0.5, 0.6) is 0 Å². The minimum atomic E-state index is -0.440. The zero-order valence-corrected chi connectivity index (χ0v) is 8.87. The minimum absolute atomic E-state index is 0.251. The predicted octanol–water partition coefficient (Wildman–Crippen LogP) is 2.19. The highest BCUT2D eigenvalue weighted by Crippen LogP contribution is 2.30. The molecule has 1 N–H and O–H groups in total. The van der Waals surface area contributed by atoms with Crippen LogP contribution in [0.25, 0.3) is 11.0 Å². The lowest BCUT2D eigenvalue weighted by atomic mass is 10.1. The third-order valence-corrected chi connectivity index (χ3v) is 2.84.